The van der Waals surface area contributed by atoms with E-state index in [1.165, 1.54) is 0 Å². The third-order valence-corrected chi connectivity index (χ3v) is 3.53. The zero-order chi connectivity index (χ0) is 16.4. The van der Waals surface area contributed by atoms with E-state index in [0.29, 0.717) is 23.1 Å². The third kappa shape index (κ3) is 3.23. The van der Waals surface area contributed by atoms with Gasteiger partial charge in [-0.25, -0.2) is 9.97 Å². The molecule has 0 aliphatic heterocycles. The van der Waals surface area contributed by atoms with Crippen LogP contribution in [-0.2, 0) is 12.8 Å². The largest absolute Gasteiger partial charge is 0.382 e. The number of Topliss-reactive ketones (excluding diaryl/α,β-unsaturated/α-hetero) is 1. The van der Waals surface area contributed by atoms with Crippen LogP contribution in [0.5, 0.6) is 0 Å². The van der Waals surface area contributed by atoms with Gasteiger partial charge in [0.1, 0.15) is 0 Å². The Hall–Kier alpha value is -3.09. The Balaban J connectivity index is 1.78. The van der Waals surface area contributed by atoms with Crippen LogP contribution in [0.4, 0.5) is 11.8 Å². The molecule has 1 aromatic carbocycles. The quantitative estimate of drug-likeness (QED) is 0.702. The van der Waals surface area contributed by atoms with E-state index in [4.69, 9.17) is 11.5 Å². The molecule has 2 aromatic heterocycles. The predicted molar refractivity (Wildman–Crippen MR) is 87.8 cm³/mol. The monoisotopic (exact) mass is 308 g/mol. The van der Waals surface area contributed by atoms with E-state index >= 15 is 0 Å². The second-order valence-electron chi connectivity index (χ2n) is 5.25. The number of rotatable bonds is 4. The summed E-state index contributed by atoms with van der Waals surface area (Å²) in [5.74, 6) is 0.377. The molecule has 0 unspecified atom stereocenters. The van der Waals surface area contributed by atoms with E-state index in [-0.39, 0.29) is 17.5 Å². The van der Waals surface area contributed by atoms with Crippen LogP contribution in [0.2, 0.25) is 0 Å². The van der Waals surface area contributed by atoms with Crippen LogP contribution in [0.25, 0.3) is 11.2 Å². The lowest BCUT2D eigenvalue weighted by Crippen LogP contribution is -2.05. The number of benzene rings is 1. The Morgan fingerprint density at radius 1 is 1.04 bits per heavy atom. The molecule has 3 rings (SSSR count). The number of carbonyl (C=O) groups excluding carboxylic acids is 1. The van der Waals surface area contributed by atoms with E-state index in [2.05, 4.69) is 19.9 Å². The molecule has 2 heterocycles. The summed E-state index contributed by atoms with van der Waals surface area (Å²) < 4.78 is 0. The highest BCUT2D eigenvalue weighted by atomic mass is 16.1. The Morgan fingerprint density at radius 2 is 1.78 bits per heavy atom. The molecule has 0 aliphatic carbocycles. The van der Waals surface area contributed by atoms with Crippen LogP contribution in [0, 0.1) is 0 Å². The summed E-state index contributed by atoms with van der Waals surface area (Å²) in [6.45, 7) is 1.55. The van der Waals surface area contributed by atoms with Crippen molar-refractivity contribution >= 4 is 28.7 Å². The second kappa shape index (κ2) is 5.96. The molecule has 0 bridgehead atoms. The van der Waals surface area contributed by atoms with Crippen molar-refractivity contribution in [3.05, 3.63) is 47.3 Å². The maximum atomic E-state index is 11.3. The van der Waals surface area contributed by atoms with Crippen LogP contribution < -0.4 is 11.5 Å². The number of hydrogen-bond donors (Lipinski definition) is 2. The molecular formula is C16H16N6O. The molecular weight excluding hydrogens is 292 g/mol. The SMILES string of the molecule is CC(=O)c1ccc(CCc2cnc3nc(N)nc(N)c3n2)cc1. The van der Waals surface area contributed by atoms with Crippen molar-refractivity contribution in [1.29, 1.82) is 0 Å². The van der Waals surface area contributed by atoms with Crippen molar-refractivity contribution in [2.75, 3.05) is 11.5 Å². The number of nitrogen functional groups attached to an aromatic ring is 2. The van der Waals surface area contributed by atoms with Gasteiger partial charge in [-0.15, -0.1) is 0 Å². The molecule has 3 aromatic rings. The summed E-state index contributed by atoms with van der Waals surface area (Å²) in [4.78, 5) is 27.9. The molecule has 7 heteroatoms. The van der Waals surface area contributed by atoms with Gasteiger partial charge in [-0.1, -0.05) is 24.3 Å². The normalized spacial score (nSPS) is 10.8. The maximum Gasteiger partial charge on any atom is 0.224 e. The highest BCUT2D eigenvalue weighted by Crippen LogP contribution is 2.15. The molecule has 0 saturated carbocycles. The van der Waals surface area contributed by atoms with Gasteiger partial charge < -0.3 is 11.5 Å². The van der Waals surface area contributed by atoms with E-state index < -0.39 is 0 Å². The number of hydrogen-bond acceptors (Lipinski definition) is 7. The molecule has 0 fully saturated rings. The first-order valence-corrected chi connectivity index (χ1v) is 7.17. The highest BCUT2D eigenvalue weighted by molar-refractivity contribution is 5.94. The van der Waals surface area contributed by atoms with Gasteiger partial charge in [0.2, 0.25) is 5.95 Å². The smallest absolute Gasteiger partial charge is 0.224 e. The first-order valence-electron chi connectivity index (χ1n) is 7.17. The average Bonchev–Trinajstić information content (AvgIpc) is 2.53. The fraction of sp³-hybridized carbons (Fsp3) is 0.188. The lowest BCUT2D eigenvalue weighted by molar-refractivity contribution is 0.101. The number of fused-ring (bicyclic) bond motifs is 1. The van der Waals surface area contributed by atoms with Crippen LogP contribution >= 0.6 is 0 Å². The van der Waals surface area contributed by atoms with E-state index in [0.717, 1.165) is 17.7 Å². The fourth-order valence-corrected chi connectivity index (χ4v) is 2.28. The van der Waals surface area contributed by atoms with Gasteiger partial charge in [0.25, 0.3) is 0 Å². The minimum absolute atomic E-state index is 0.0618. The molecule has 0 saturated heterocycles. The Kier molecular flexibility index (Phi) is 3.84. The van der Waals surface area contributed by atoms with Crippen molar-refractivity contribution in [3.63, 3.8) is 0 Å². The summed E-state index contributed by atoms with van der Waals surface area (Å²) >= 11 is 0. The molecule has 0 spiro atoms. The summed E-state index contributed by atoms with van der Waals surface area (Å²) in [5.41, 5.74) is 14.8. The second-order valence-corrected chi connectivity index (χ2v) is 5.25. The lowest BCUT2D eigenvalue weighted by Gasteiger charge is -2.05. The number of ketones is 1. The number of carbonyl (C=O) groups is 1. The van der Waals surface area contributed by atoms with Crippen LogP contribution in [-0.4, -0.2) is 25.7 Å². The van der Waals surface area contributed by atoms with E-state index in [9.17, 15) is 4.79 Å². The third-order valence-electron chi connectivity index (χ3n) is 3.53. The van der Waals surface area contributed by atoms with Gasteiger partial charge in [-0.3, -0.25) is 4.79 Å². The minimum atomic E-state index is 0.0618. The van der Waals surface area contributed by atoms with Gasteiger partial charge in [0.15, 0.2) is 22.8 Å². The summed E-state index contributed by atoms with van der Waals surface area (Å²) in [6, 6.07) is 7.56. The Morgan fingerprint density at radius 3 is 2.48 bits per heavy atom. The average molecular weight is 308 g/mol. The van der Waals surface area contributed by atoms with Crippen molar-refractivity contribution in [3.8, 4) is 0 Å². The lowest BCUT2D eigenvalue weighted by atomic mass is 10.0. The molecule has 0 radical (unpaired) electrons. The van der Waals surface area contributed by atoms with Gasteiger partial charge in [0.05, 0.1) is 11.9 Å². The Bertz CT molecular complexity index is 876. The summed E-state index contributed by atoms with van der Waals surface area (Å²) in [7, 11) is 0. The van der Waals surface area contributed by atoms with E-state index in [1.807, 2.05) is 24.3 Å². The van der Waals surface area contributed by atoms with Crippen molar-refractivity contribution < 1.29 is 4.79 Å². The number of aromatic nitrogens is 4. The van der Waals surface area contributed by atoms with Crippen molar-refractivity contribution in [1.82, 2.24) is 19.9 Å². The fourth-order valence-electron chi connectivity index (χ4n) is 2.28. The van der Waals surface area contributed by atoms with Crippen molar-refractivity contribution in [2.24, 2.45) is 0 Å². The predicted octanol–water partition coefficient (Wildman–Crippen LogP) is 1.57. The zero-order valence-electron chi connectivity index (χ0n) is 12.7. The first kappa shape index (κ1) is 14.8. The molecule has 116 valence electrons. The number of nitrogens with zero attached hydrogens (tertiary/aromatic N) is 4. The van der Waals surface area contributed by atoms with Crippen molar-refractivity contribution in [2.45, 2.75) is 19.8 Å². The Labute approximate surface area is 132 Å². The molecule has 0 atom stereocenters. The van der Waals surface area contributed by atoms with Gasteiger partial charge >= 0.3 is 0 Å². The summed E-state index contributed by atoms with van der Waals surface area (Å²) in [5, 5.41) is 0. The number of nitrogens with two attached hydrogens (primary N) is 2. The highest BCUT2D eigenvalue weighted by Gasteiger charge is 2.08. The molecule has 23 heavy (non-hydrogen) atoms. The molecule has 7 nitrogen and oxygen atoms in total. The van der Waals surface area contributed by atoms with Gasteiger partial charge in [-0.05, 0) is 25.3 Å². The zero-order valence-corrected chi connectivity index (χ0v) is 12.7. The molecule has 0 aliphatic rings. The first-order chi connectivity index (χ1) is 11.0. The molecule has 0 amide bonds. The van der Waals surface area contributed by atoms with Gasteiger partial charge in [0, 0.05) is 5.56 Å². The van der Waals surface area contributed by atoms with Crippen LogP contribution in [0.1, 0.15) is 28.5 Å². The van der Waals surface area contributed by atoms with E-state index in [1.54, 1.807) is 13.1 Å². The molecule has 4 N–H and O–H groups in total. The van der Waals surface area contributed by atoms with Gasteiger partial charge in [-0.2, -0.15) is 9.97 Å². The van der Waals surface area contributed by atoms with Crippen LogP contribution in [0.3, 0.4) is 0 Å². The summed E-state index contributed by atoms with van der Waals surface area (Å²) in [6.07, 6.45) is 3.15. The maximum absolute atomic E-state index is 11.3. The number of aryl methyl sites for hydroxylation is 2. The van der Waals surface area contributed by atoms with Crippen LogP contribution in [0.15, 0.2) is 30.5 Å². The topological polar surface area (TPSA) is 121 Å². The number of anilines is 2. The minimum Gasteiger partial charge on any atom is -0.382 e. The standard InChI is InChI=1S/C16H16N6O/c1-9(23)11-5-2-10(3-6-11)4-7-12-8-19-15-13(20-12)14(17)21-16(18)22-15/h2-3,5-6,8H,4,7H2,1H3,(H4,17,18,19,21,22).